The highest BCUT2D eigenvalue weighted by atomic mass is 16.3. The molecule has 0 saturated heterocycles. The van der Waals surface area contributed by atoms with E-state index >= 15 is 0 Å². The van der Waals surface area contributed by atoms with Crippen LogP contribution in [0.1, 0.15) is 341 Å². The Bertz CT molecular complexity index is 998. The molecule has 5 nitrogen and oxygen atoms in total. The Balaban J connectivity index is 3.51. The summed E-state index contributed by atoms with van der Waals surface area (Å²) in [5, 5.41) is 33.9. The predicted molar refractivity (Wildman–Crippen MR) is 296 cm³/mol. The first kappa shape index (κ1) is 65.8. The molecule has 3 unspecified atom stereocenters. The Morgan fingerprint density at radius 1 is 0.373 bits per heavy atom. The molecule has 0 aromatic carbocycles. The Kier molecular flexibility index (Phi) is 56.4. The predicted octanol–water partition coefficient (Wildman–Crippen LogP) is 19.2. The molecule has 398 valence electrons. The van der Waals surface area contributed by atoms with Crippen LogP contribution >= 0.6 is 0 Å². The Morgan fingerprint density at radius 2 is 0.642 bits per heavy atom. The number of aliphatic hydroxyl groups excluding tert-OH is 3. The standard InChI is InChI=1S/C62H121NO4/c1-3-5-7-9-11-13-15-17-19-21-23-25-27-29-30-31-32-33-35-37-39-41-43-45-47-49-51-53-55-57-61(66)63-59(58-64)62(67)60(65)56-54-52-50-48-46-44-42-40-38-36-34-28-26-24-22-20-18-16-14-12-10-8-6-4-2/h23,25,29-30,59-60,62,64-65,67H,3-22,24,26-28,31-58H2,1-2H3,(H,63,66)/b25-23-,30-29-. The summed E-state index contributed by atoms with van der Waals surface area (Å²) in [6.07, 6.45) is 73.5. The van der Waals surface area contributed by atoms with Crippen LogP contribution in [0.2, 0.25) is 0 Å². The minimum absolute atomic E-state index is 0.140. The van der Waals surface area contributed by atoms with Gasteiger partial charge in [-0.25, -0.2) is 0 Å². The van der Waals surface area contributed by atoms with Crippen LogP contribution in [0, 0.1) is 0 Å². The van der Waals surface area contributed by atoms with Gasteiger partial charge in [0.1, 0.15) is 6.10 Å². The molecule has 0 aliphatic carbocycles. The van der Waals surface area contributed by atoms with Gasteiger partial charge in [0.2, 0.25) is 5.91 Å². The highest BCUT2D eigenvalue weighted by molar-refractivity contribution is 5.76. The molecule has 0 aromatic heterocycles. The van der Waals surface area contributed by atoms with Gasteiger partial charge in [-0.05, 0) is 44.9 Å². The van der Waals surface area contributed by atoms with Crippen LogP contribution < -0.4 is 5.32 Å². The van der Waals surface area contributed by atoms with Crippen molar-refractivity contribution in [3.63, 3.8) is 0 Å². The zero-order chi connectivity index (χ0) is 48.6. The number of rotatable bonds is 57. The fourth-order valence-electron chi connectivity index (χ4n) is 9.84. The van der Waals surface area contributed by atoms with Crippen molar-refractivity contribution >= 4 is 5.91 Å². The number of carbonyl (C=O) groups is 1. The van der Waals surface area contributed by atoms with E-state index in [2.05, 4.69) is 43.5 Å². The lowest BCUT2D eigenvalue weighted by Crippen LogP contribution is -2.50. The van der Waals surface area contributed by atoms with E-state index < -0.39 is 18.2 Å². The number of allylic oxidation sites excluding steroid dienone is 4. The summed E-state index contributed by atoms with van der Waals surface area (Å²) in [7, 11) is 0. The topological polar surface area (TPSA) is 89.8 Å². The number of amides is 1. The first-order valence-corrected chi connectivity index (χ1v) is 30.6. The lowest BCUT2D eigenvalue weighted by Gasteiger charge is -2.26. The van der Waals surface area contributed by atoms with Crippen LogP contribution in [0.15, 0.2) is 24.3 Å². The van der Waals surface area contributed by atoms with Gasteiger partial charge in [0.25, 0.3) is 0 Å². The second kappa shape index (κ2) is 57.4. The van der Waals surface area contributed by atoms with Crippen LogP contribution in [0.3, 0.4) is 0 Å². The Morgan fingerprint density at radius 3 is 0.940 bits per heavy atom. The monoisotopic (exact) mass is 944 g/mol. The van der Waals surface area contributed by atoms with Crippen molar-refractivity contribution in [1.29, 1.82) is 0 Å². The van der Waals surface area contributed by atoms with Crippen molar-refractivity contribution in [2.75, 3.05) is 6.61 Å². The van der Waals surface area contributed by atoms with Gasteiger partial charge in [0.05, 0.1) is 18.8 Å². The molecule has 0 bridgehead atoms. The number of carbonyl (C=O) groups excluding carboxylic acids is 1. The number of aliphatic hydroxyl groups is 3. The highest BCUT2D eigenvalue weighted by Gasteiger charge is 2.26. The minimum Gasteiger partial charge on any atom is -0.394 e. The lowest BCUT2D eigenvalue weighted by atomic mass is 9.99. The van der Waals surface area contributed by atoms with Gasteiger partial charge in [-0.1, -0.05) is 314 Å². The van der Waals surface area contributed by atoms with E-state index in [1.54, 1.807) is 0 Å². The molecule has 0 saturated carbocycles. The van der Waals surface area contributed by atoms with E-state index in [-0.39, 0.29) is 12.5 Å². The summed E-state index contributed by atoms with van der Waals surface area (Å²) in [5.74, 6) is -0.140. The molecular weight excluding hydrogens is 823 g/mol. The molecule has 5 heteroatoms. The smallest absolute Gasteiger partial charge is 0.220 e. The van der Waals surface area contributed by atoms with Crippen LogP contribution in [0.5, 0.6) is 0 Å². The molecule has 0 spiro atoms. The van der Waals surface area contributed by atoms with E-state index in [9.17, 15) is 20.1 Å². The fourth-order valence-corrected chi connectivity index (χ4v) is 9.84. The van der Waals surface area contributed by atoms with Crippen LogP contribution in [0.4, 0.5) is 0 Å². The van der Waals surface area contributed by atoms with E-state index in [0.29, 0.717) is 12.8 Å². The maximum atomic E-state index is 12.5. The summed E-state index contributed by atoms with van der Waals surface area (Å²) in [6.45, 7) is 4.22. The van der Waals surface area contributed by atoms with E-state index in [4.69, 9.17) is 0 Å². The summed E-state index contributed by atoms with van der Waals surface area (Å²) in [4.78, 5) is 12.5. The van der Waals surface area contributed by atoms with Gasteiger partial charge in [0.15, 0.2) is 0 Å². The fraction of sp³-hybridized carbons (Fsp3) is 0.919. The molecular formula is C62H121NO4. The Hall–Kier alpha value is -1.17. The third-order valence-electron chi connectivity index (χ3n) is 14.6. The lowest BCUT2D eigenvalue weighted by molar-refractivity contribution is -0.124. The molecule has 0 aliphatic heterocycles. The van der Waals surface area contributed by atoms with Crippen molar-refractivity contribution in [2.45, 2.75) is 360 Å². The number of hydrogen-bond acceptors (Lipinski definition) is 4. The average molecular weight is 945 g/mol. The summed E-state index contributed by atoms with van der Waals surface area (Å²) < 4.78 is 0. The maximum Gasteiger partial charge on any atom is 0.220 e. The summed E-state index contributed by atoms with van der Waals surface area (Å²) in [6, 6.07) is -0.810. The molecule has 0 fully saturated rings. The summed E-state index contributed by atoms with van der Waals surface area (Å²) >= 11 is 0. The molecule has 0 aliphatic rings. The molecule has 0 rings (SSSR count). The van der Waals surface area contributed by atoms with Gasteiger partial charge in [0, 0.05) is 6.42 Å². The minimum atomic E-state index is -1.14. The first-order chi connectivity index (χ1) is 33.1. The second-order valence-corrected chi connectivity index (χ2v) is 21.3. The zero-order valence-electron chi connectivity index (χ0n) is 45.6. The van der Waals surface area contributed by atoms with Crippen LogP contribution in [0.25, 0.3) is 0 Å². The summed E-state index contributed by atoms with van der Waals surface area (Å²) in [5.41, 5.74) is 0. The van der Waals surface area contributed by atoms with E-state index in [1.165, 1.54) is 276 Å². The van der Waals surface area contributed by atoms with Gasteiger partial charge < -0.3 is 20.6 Å². The molecule has 4 N–H and O–H groups in total. The van der Waals surface area contributed by atoms with Crippen molar-refractivity contribution in [1.82, 2.24) is 5.32 Å². The second-order valence-electron chi connectivity index (χ2n) is 21.3. The number of nitrogens with one attached hydrogen (secondary N) is 1. The largest absolute Gasteiger partial charge is 0.394 e. The molecule has 0 aromatic rings. The average Bonchev–Trinajstić information content (AvgIpc) is 3.33. The first-order valence-electron chi connectivity index (χ1n) is 30.6. The van der Waals surface area contributed by atoms with Gasteiger partial charge in [-0.15, -0.1) is 0 Å². The van der Waals surface area contributed by atoms with Crippen molar-refractivity contribution < 1.29 is 20.1 Å². The van der Waals surface area contributed by atoms with Crippen molar-refractivity contribution in [3.05, 3.63) is 24.3 Å². The van der Waals surface area contributed by atoms with Crippen LogP contribution in [-0.4, -0.2) is 46.1 Å². The van der Waals surface area contributed by atoms with Crippen molar-refractivity contribution in [3.8, 4) is 0 Å². The van der Waals surface area contributed by atoms with Gasteiger partial charge in [-0.3, -0.25) is 4.79 Å². The van der Waals surface area contributed by atoms with Crippen LogP contribution in [-0.2, 0) is 4.79 Å². The molecule has 3 atom stereocenters. The quantitative estimate of drug-likeness (QED) is 0.0361. The maximum absolute atomic E-state index is 12.5. The highest BCUT2D eigenvalue weighted by Crippen LogP contribution is 2.18. The Labute approximate surface area is 420 Å². The zero-order valence-corrected chi connectivity index (χ0v) is 45.6. The van der Waals surface area contributed by atoms with Gasteiger partial charge >= 0.3 is 0 Å². The van der Waals surface area contributed by atoms with E-state index in [0.717, 1.165) is 38.5 Å². The van der Waals surface area contributed by atoms with E-state index in [1.807, 2.05) is 0 Å². The SMILES string of the molecule is CCCCCCCCCCC/C=C\C/C=C\CCCCCCCCCCCCCCCC(=O)NC(CO)C(O)C(O)CCCCCCCCCCCCCCCCCCCCCCCCCC. The third-order valence-corrected chi connectivity index (χ3v) is 14.6. The molecule has 1 amide bonds. The molecule has 67 heavy (non-hydrogen) atoms. The third kappa shape index (κ3) is 52.5. The molecule has 0 heterocycles. The number of hydrogen-bond donors (Lipinski definition) is 4. The van der Waals surface area contributed by atoms with Gasteiger partial charge in [-0.2, -0.15) is 0 Å². The number of unbranched alkanes of at least 4 members (excludes halogenated alkanes) is 45. The molecule has 0 radical (unpaired) electrons. The normalized spacial score (nSPS) is 13.3. The van der Waals surface area contributed by atoms with Crippen molar-refractivity contribution in [2.24, 2.45) is 0 Å².